The summed E-state index contributed by atoms with van der Waals surface area (Å²) >= 11 is 6.07. The Morgan fingerprint density at radius 2 is 2.04 bits per heavy atom. The van der Waals surface area contributed by atoms with Gasteiger partial charge in [0.1, 0.15) is 16.3 Å². The second-order valence-corrected chi connectivity index (χ2v) is 7.12. The van der Waals surface area contributed by atoms with Crippen LogP contribution in [0.15, 0.2) is 21.9 Å². The van der Waals surface area contributed by atoms with Gasteiger partial charge in [-0.3, -0.25) is 19.4 Å². The van der Waals surface area contributed by atoms with Crippen LogP contribution in [-0.4, -0.2) is 25.4 Å². The zero-order chi connectivity index (χ0) is 17.1. The number of fused-ring (bicyclic) bond motifs is 3. The van der Waals surface area contributed by atoms with E-state index >= 15 is 0 Å². The average molecular weight is 338 g/mol. The van der Waals surface area contributed by atoms with Gasteiger partial charge in [-0.15, -0.1) is 0 Å². The molecule has 2 aromatic rings. The van der Waals surface area contributed by atoms with Crippen LogP contribution in [0.4, 0.5) is 0 Å². The Morgan fingerprint density at radius 3 is 2.61 bits per heavy atom. The number of carbonyl (C=O) groups is 1. The van der Waals surface area contributed by atoms with Crippen molar-refractivity contribution in [3.8, 4) is 11.4 Å². The molecular weight excluding hydrogens is 322 g/mol. The molecule has 3 rings (SSSR count). The number of hydrogen-bond acceptors (Lipinski definition) is 3. The van der Waals surface area contributed by atoms with Gasteiger partial charge in [-0.25, -0.2) is 4.79 Å². The molecule has 7 nitrogen and oxygen atoms in total. The summed E-state index contributed by atoms with van der Waals surface area (Å²) in [5.74, 6) is -1.28. The van der Waals surface area contributed by atoms with Gasteiger partial charge in [-0.2, -0.15) is 0 Å². The minimum Gasteiger partial charge on any atom is -0.477 e. The molecule has 0 unspecified atom stereocenters. The zero-order valence-corrected chi connectivity index (χ0v) is 13.6. The number of carboxylic acids is 1. The third-order valence-electron chi connectivity index (χ3n) is 4.16. The van der Waals surface area contributed by atoms with Crippen molar-refractivity contribution in [2.24, 2.45) is 5.41 Å². The van der Waals surface area contributed by atoms with E-state index in [4.69, 9.17) is 11.6 Å². The van der Waals surface area contributed by atoms with Crippen molar-refractivity contribution in [2.45, 2.75) is 33.4 Å². The summed E-state index contributed by atoms with van der Waals surface area (Å²) in [5.41, 5.74) is -0.733. The van der Waals surface area contributed by atoms with Crippen molar-refractivity contribution in [1.29, 1.82) is 0 Å². The SMILES string of the molecule is CC(C)(C)[C@@H]1Cn2[nH]c(=O)c(Cl)c2-c2cc(=O)c(C(=O)O)cn21. The van der Waals surface area contributed by atoms with Gasteiger partial charge in [0.05, 0.1) is 18.3 Å². The van der Waals surface area contributed by atoms with Crippen LogP contribution >= 0.6 is 11.6 Å². The quantitative estimate of drug-likeness (QED) is 0.831. The van der Waals surface area contributed by atoms with Gasteiger partial charge in [0.25, 0.3) is 5.56 Å². The van der Waals surface area contributed by atoms with Crippen molar-refractivity contribution in [3.63, 3.8) is 0 Å². The molecule has 1 aliphatic heterocycles. The second-order valence-electron chi connectivity index (χ2n) is 6.74. The van der Waals surface area contributed by atoms with E-state index < -0.39 is 17.0 Å². The number of H-pyrrole nitrogens is 1. The fourth-order valence-corrected chi connectivity index (χ4v) is 3.19. The Morgan fingerprint density at radius 1 is 1.39 bits per heavy atom. The Hall–Kier alpha value is -2.28. The smallest absolute Gasteiger partial charge is 0.341 e. The summed E-state index contributed by atoms with van der Waals surface area (Å²) in [4.78, 5) is 35.2. The lowest BCUT2D eigenvalue weighted by molar-refractivity contribution is 0.0693. The van der Waals surface area contributed by atoms with E-state index in [1.54, 1.807) is 9.25 Å². The molecule has 1 aliphatic rings. The summed E-state index contributed by atoms with van der Waals surface area (Å²) in [5, 5.41) is 11.9. The number of pyridine rings is 1. The molecule has 0 aromatic carbocycles. The lowest BCUT2D eigenvalue weighted by Gasteiger charge is -2.38. The predicted octanol–water partition coefficient (Wildman–Crippen LogP) is 1.96. The highest BCUT2D eigenvalue weighted by Crippen LogP contribution is 2.40. The van der Waals surface area contributed by atoms with E-state index in [2.05, 4.69) is 5.10 Å². The fraction of sp³-hybridized carbons (Fsp3) is 0.400. The van der Waals surface area contributed by atoms with E-state index in [0.717, 1.165) is 0 Å². The van der Waals surface area contributed by atoms with Crippen molar-refractivity contribution < 1.29 is 9.90 Å². The molecule has 2 aromatic heterocycles. The maximum Gasteiger partial charge on any atom is 0.341 e. The molecule has 23 heavy (non-hydrogen) atoms. The van der Waals surface area contributed by atoms with Crippen molar-refractivity contribution >= 4 is 17.6 Å². The van der Waals surface area contributed by atoms with E-state index in [1.807, 2.05) is 20.8 Å². The highest BCUT2D eigenvalue weighted by molar-refractivity contribution is 6.32. The van der Waals surface area contributed by atoms with Crippen molar-refractivity contribution in [3.05, 3.63) is 43.4 Å². The van der Waals surface area contributed by atoms with E-state index in [-0.39, 0.29) is 22.0 Å². The van der Waals surface area contributed by atoms with E-state index in [0.29, 0.717) is 17.9 Å². The molecule has 0 saturated carbocycles. The monoisotopic (exact) mass is 337 g/mol. The van der Waals surface area contributed by atoms with Gasteiger partial charge >= 0.3 is 5.97 Å². The molecule has 122 valence electrons. The van der Waals surface area contributed by atoms with Gasteiger partial charge in [0.15, 0.2) is 5.43 Å². The molecule has 8 heteroatoms. The summed E-state index contributed by atoms with van der Waals surface area (Å²) in [7, 11) is 0. The van der Waals surface area contributed by atoms with Crippen LogP contribution in [0.5, 0.6) is 0 Å². The third-order valence-corrected chi connectivity index (χ3v) is 4.51. The van der Waals surface area contributed by atoms with Gasteiger partial charge in [0, 0.05) is 12.3 Å². The highest BCUT2D eigenvalue weighted by atomic mass is 35.5. The highest BCUT2D eigenvalue weighted by Gasteiger charge is 2.35. The number of aromatic carboxylic acids is 1. The number of aromatic amines is 1. The summed E-state index contributed by atoms with van der Waals surface area (Å²) in [6, 6.07) is 1.08. The maximum atomic E-state index is 12.1. The normalized spacial score (nSPS) is 16.8. The third kappa shape index (κ3) is 2.31. The molecule has 2 N–H and O–H groups in total. The molecule has 0 amide bonds. The molecule has 0 fully saturated rings. The fourth-order valence-electron chi connectivity index (χ4n) is 2.95. The average Bonchev–Trinajstić information content (AvgIpc) is 2.71. The van der Waals surface area contributed by atoms with E-state index in [9.17, 15) is 19.5 Å². The topological polar surface area (TPSA) is 97.1 Å². The van der Waals surface area contributed by atoms with Crippen LogP contribution in [0.1, 0.15) is 37.2 Å². The first-order chi connectivity index (χ1) is 10.6. The lowest BCUT2D eigenvalue weighted by atomic mass is 9.85. The molecule has 0 spiro atoms. The van der Waals surface area contributed by atoms with Gasteiger partial charge in [-0.1, -0.05) is 32.4 Å². The lowest BCUT2D eigenvalue weighted by Crippen LogP contribution is -2.35. The number of aromatic nitrogens is 3. The van der Waals surface area contributed by atoms with E-state index in [1.165, 1.54) is 12.3 Å². The number of nitrogens with zero attached hydrogens (tertiary/aromatic N) is 2. The number of halogens is 1. The van der Waals surface area contributed by atoms with Crippen LogP contribution in [0.3, 0.4) is 0 Å². The number of rotatable bonds is 1. The first-order valence-electron chi connectivity index (χ1n) is 7.09. The number of hydrogen-bond donors (Lipinski definition) is 2. The molecule has 0 radical (unpaired) electrons. The minimum atomic E-state index is -1.28. The second kappa shape index (κ2) is 4.86. The molecule has 1 atom stereocenters. The first-order valence-corrected chi connectivity index (χ1v) is 7.47. The number of carboxylic acid groups (broad SMARTS) is 1. The minimum absolute atomic E-state index is 0.00594. The number of nitrogens with one attached hydrogen (secondary N) is 1. The summed E-state index contributed by atoms with van der Waals surface area (Å²) in [6.07, 6.45) is 1.34. The Kier molecular flexibility index (Phi) is 3.30. The van der Waals surface area contributed by atoms with Crippen LogP contribution in [-0.2, 0) is 6.54 Å². The Balaban J connectivity index is 2.39. The molecule has 3 heterocycles. The van der Waals surface area contributed by atoms with Crippen LogP contribution < -0.4 is 11.0 Å². The summed E-state index contributed by atoms with van der Waals surface area (Å²) < 4.78 is 3.36. The largest absolute Gasteiger partial charge is 0.477 e. The first kappa shape index (κ1) is 15.6. The standard InChI is InChI=1S/C15H16ClN3O4/c1-15(2,3)10-6-19-12(11(16)13(21)17-19)8-4-9(20)7(14(22)23)5-18(8)10/h4-5,10H,6H2,1-3H3,(H,17,21)(H,22,23)/t10-/m0/s1. The van der Waals surface area contributed by atoms with Gasteiger partial charge < -0.3 is 9.67 Å². The van der Waals surface area contributed by atoms with Crippen molar-refractivity contribution in [2.75, 3.05) is 0 Å². The maximum absolute atomic E-state index is 12.1. The molecule has 0 saturated heterocycles. The van der Waals surface area contributed by atoms with Crippen LogP contribution in [0.2, 0.25) is 5.02 Å². The van der Waals surface area contributed by atoms with Crippen LogP contribution in [0.25, 0.3) is 11.4 Å². The van der Waals surface area contributed by atoms with Gasteiger partial charge in [-0.05, 0) is 5.41 Å². The Bertz CT molecular complexity index is 930. The zero-order valence-electron chi connectivity index (χ0n) is 12.9. The predicted molar refractivity (Wildman–Crippen MR) is 85.2 cm³/mol. The molecule has 0 aliphatic carbocycles. The van der Waals surface area contributed by atoms with Gasteiger partial charge in [0.2, 0.25) is 0 Å². The van der Waals surface area contributed by atoms with Crippen LogP contribution in [0, 0.1) is 5.41 Å². The summed E-state index contributed by atoms with van der Waals surface area (Å²) in [6.45, 7) is 6.45. The van der Waals surface area contributed by atoms with Crippen molar-refractivity contribution in [1.82, 2.24) is 14.3 Å². The molecular formula is C15H16ClN3O4. The molecule has 0 bridgehead atoms. The Labute approximate surface area is 136 Å².